The van der Waals surface area contributed by atoms with Crippen molar-refractivity contribution in [1.82, 2.24) is 4.90 Å². The van der Waals surface area contributed by atoms with Crippen LogP contribution in [0.2, 0.25) is 0 Å². The number of furan rings is 1. The molecule has 3 rings (SSSR count). The Labute approximate surface area is 124 Å². The molecule has 1 unspecified atom stereocenters. The zero-order chi connectivity index (χ0) is 14.9. The van der Waals surface area contributed by atoms with Gasteiger partial charge in [-0.15, -0.1) is 0 Å². The number of para-hydroxylation sites is 1. The highest BCUT2D eigenvalue weighted by atomic mass is 16.5. The highest BCUT2D eigenvalue weighted by Gasteiger charge is 2.31. The molecule has 4 nitrogen and oxygen atoms in total. The van der Waals surface area contributed by atoms with Crippen LogP contribution in [0.5, 0.6) is 0 Å². The van der Waals surface area contributed by atoms with Crippen molar-refractivity contribution in [3.05, 3.63) is 36.1 Å². The highest BCUT2D eigenvalue weighted by Crippen LogP contribution is 2.24. The SMILES string of the molecule is COC1(C)CCCN(CC(=O)c2cc3ccccc3o2)C1. The van der Waals surface area contributed by atoms with Crippen LogP contribution in [-0.2, 0) is 4.74 Å². The first-order valence-electron chi connectivity index (χ1n) is 7.39. The summed E-state index contributed by atoms with van der Waals surface area (Å²) in [5.74, 6) is 0.479. The monoisotopic (exact) mass is 287 g/mol. The number of carbonyl (C=O) groups excluding carboxylic acids is 1. The van der Waals surface area contributed by atoms with E-state index in [1.807, 2.05) is 30.3 Å². The first-order chi connectivity index (χ1) is 10.1. The van der Waals surface area contributed by atoms with Crippen molar-refractivity contribution in [3.8, 4) is 0 Å². The normalized spacial score (nSPS) is 23.5. The van der Waals surface area contributed by atoms with E-state index in [0.717, 1.165) is 36.9 Å². The Morgan fingerprint density at radius 3 is 3.00 bits per heavy atom. The van der Waals surface area contributed by atoms with Gasteiger partial charge in [-0.2, -0.15) is 0 Å². The number of rotatable bonds is 4. The maximum Gasteiger partial charge on any atom is 0.211 e. The Balaban J connectivity index is 1.71. The van der Waals surface area contributed by atoms with E-state index in [-0.39, 0.29) is 11.4 Å². The quantitative estimate of drug-likeness (QED) is 0.810. The molecule has 0 amide bonds. The minimum Gasteiger partial charge on any atom is -0.453 e. The molecule has 21 heavy (non-hydrogen) atoms. The third-order valence-electron chi connectivity index (χ3n) is 4.30. The predicted molar refractivity (Wildman–Crippen MR) is 81.6 cm³/mol. The van der Waals surface area contributed by atoms with E-state index in [2.05, 4.69) is 11.8 Å². The van der Waals surface area contributed by atoms with Crippen LogP contribution in [-0.4, -0.2) is 43.0 Å². The van der Waals surface area contributed by atoms with Crippen molar-refractivity contribution in [3.63, 3.8) is 0 Å². The van der Waals surface area contributed by atoms with Crippen molar-refractivity contribution < 1.29 is 13.9 Å². The van der Waals surface area contributed by atoms with Crippen molar-refractivity contribution in [2.75, 3.05) is 26.7 Å². The molecule has 1 fully saturated rings. The van der Waals surface area contributed by atoms with Gasteiger partial charge >= 0.3 is 0 Å². The molecular formula is C17H21NO3. The van der Waals surface area contributed by atoms with Crippen LogP contribution in [0.3, 0.4) is 0 Å². The van der Waals surface area contributed by atoms with Gasteiger partial charge in [0.1, 0.15) is 5.58 Å². The second-order valence-electron chi connectivity index (χ2n) is 6.04. The molecule has 1 saturated heterocycles. The lowest BCUT2D eigenvalue weighted by atomic mass is 9.94. The van der Waals surface area contributed by atoms with Crippen molar-refractivity contribution in [1.29, 1.82) is 0 Å². The van der Waals surface area contributed by atoms with Crippen LogP contribution >= 0.6 is 0 Å². The number of fused-ring (bicyclic) bond motifs is 1. The second kappa shape index (κ2) is 5.62. The predicted octanol–water partition coefficient (Wildman–Crippen LogP) is 3.12. The average Bonchev–Trinajstić information content (AvgIpc) is 2.91. The molecule has 2 heterocycles. The van der Waals surface area contributed by atoms with Gasteiger partial charge in [0.25, 0.3) is 0 Å². The summed E-state index contributed by atoms with van der Waals surface area (Å²) in [5, 5.41) is 0.973. The van der Waals surface area contributed by atoms with Gasteiger partial charge in [0, 0.05) is 19.0 Å². The Hall–Kier alpha value is -1.65. The lowest BCUT2D eigenvalue weighted by molar-refractivity contribution is -0.0486. The molecule has 0 bridgehead atoms. The van der Waals surface area contributed by atoms with Crippen molar-refractivity contribution >= 4 is 16.8 Å². The summed E-state index contributed by atoms with van der Waals surface area (Å²) in [7, 11) is 1.74. The topological polar surface area (TPSA) is 42.7 Å². The number of hydrogen-bond acceptors (Lipinski definition) is 4. The van der Waals surface area contributed by atoms with Crippen molar-refractivity contribution in [2.24, 2.45) is 0 Å². The van der Waals surface area contributed by atoms with Crippen LogP contribution in [0.25, 0.3) is 11.0 Å². The van der Waals surface area contributed by atoms with Gasteiger partial charge in [-0.25, -0.2) is 0 Å². The van der Waals surface area contributed by atoms with Crippen molar-refractivity contribution in [2.45, 2.75) is 25.4 Å². The van der Waals surface area contributed by atoms with Gasteiger partial charge in [0.05, 0.1) is 12.1 Å². The molecule has 1 aliphatic heterocycles. The summed E-state index contributed by atoms with van der Waals surface area (Å²) >= 11 is 0. The largest absolute Gasteiger partial charge is 0.453 e. The molecule has 0 aliphatic carbocycles. The third kappa shape index (κ3) is 3.01. The standard InChI is InChI=1S/C17H21NO3/c1-17(20-2)8-5-9-18(12-17)11-14(19)16-10-13-6-3-4-7-15(13)21-16/h3-4,6-7,10H,5,8-9,11-12H2,1-2H3. The molecular weight excluding hydrogens is 266 g/mol. The molecule has 0 saturated carbocycles. The fourth-order valence-electron chi connectivity index (χ4n) is 3.01. The zero-order valence-corrected chi connectivity index (χ0v) is 12.6. The lowest BCUT2D eigenvalue weighted by Gasteiger charge is -2.39. The fraction of sp³-hybridized carbons (Fsp3) is 0.471. The van der Waals surface area contributed by atoms with E-state index in [1.165, 1.54) is 0 Å². The van der Waals surface area contributed by atoms with Crippen LogP contribution < -0.4 is 0 Å². The highest BCUT2D eigenvalue weighted by molar-refractivity contribution is 5.98. The Kier molecular flexibility index (Phi) is 3.83. The molecule has 0 spiro atoms. The first-order valence-corrected chi connectivity index (χ1v) is 7.39. The number of hydrogen-bond donors (Lipinski definition) is 0. The Morgan fingerprint density at radius 1 is 1.43 bits per heavy atom. The Morgan fingerprint density at radius 2 is 2.24 bits per heavy atom. The number of methoxy groups -OCH3 is 1. The number of ether oxygens (including phenoxy) is 1. The number of nitrogens with zero attached hydrogens (tertiary/aromatic N) is 1. The van der Waals surface area contributed by atoms with Gasteiger partial charge in [0.15, 0.2) is 5.76 Å². The van der Waals surface area contributed by atoms with Gasteiger partial charge in [0.2, 0.25) is 5.78 Å². The summed E-state index contributed by atoms with van der Waals surface area (Å²) in [6, 6.07) is 9.53. The molecule has 1 aromatic heterocycles. The Bertz CT molecular complexity index is 615. The number of carbonyl (C=O) groups is 1. The summed E-state index contributed by atoms with van der Waals surface area (Å²) < 4.78 is 11.2. The van der Waals surface area contributed by atoms with Crippen LogP contribution in [0, 0.1) is 0 Å². The van der Waals surface area contributed by atoms with Crippen LogP contribution in [0.4, 0.5) is 0 Å². The third-order valence-corrected chi connectivity index (χ3v) is 4.30. The molecule has 0 radical (unpaired) electrons. The second-order valence-corrected chi connectivity index (χ2v) is 6.04. The molecule has 1 aromatic carbocycles. The molecule has 2 aromatic rings. The number of likely N-dealkylation sites (tertiary alicyclic amines) is 1. The molecule has 1 aliphatic rings. The van der Waals surface area contributed by atoms with E-state index in [4.69, 9.17) is 9.15 Å². The summed E-state index contributed by atoms with van der Waals surface area (Å²) in [5.41, 5.74) is 0.619. The van der Waals surface area contributed by atoms with E-state index >= 15 is 0 Å². The zero-order valence-electron chi connectivity index (χ0n) is 12.6. The maximum absolute atomic E-state index is 12.4. The summed E-state index contributed by atoms with van der Waals surface area (Å²) in [4.78, 5) is 14.6. The molecule has 0 N–H and O–H groups in total. The van der Waals surface area contributed by atoms with Crippen LogP contribution in [0.15, 0.2) is 34.7 Å². The fourth-order valence-corrected chi connectivity index (χ4v) is 3.01. The number of Topliss-reactive ketones (excluding diaryl/α,β-unsaturated/α-hetero) is 1. The maximum atomic E-state index is 12.4. The molecule has 1 atom stereocenters. The number of piperidine rings is 1. The summed E-state index contributed by atoms with van der Waals surface area (Å²) in [6.07, 6.45) is 2.09. The van der Waals surface area contributed by atoms with E-state index in [1.54, 1.807) is 7.11 Å². The minimum absolute atomic E-state index is 0.0338. The number of ketones is 1. The first kappa shape index (κ1) is 14.3. The lowest BCUT2D eigenvalue weighted by Crippen LogP contribution is -2.48. The van der Waals surface area contributed by atoms with Gasteiger partial charge in [-0.3, -0.25) is 9.69 Å². The van der Waals surface area contributed by atoms with E-state index in [9.17, 15) is 4.79 Å². The van der Waals surface area contributed by atoms with E-state index < -0.39 is 0 Å². The van der Waals surface area contributed by atoms with Gasteiger partial charge in [-0.05, 0) is 38.4 Å². The summed E-state index contributed by atoms with van der Waals surface area (Å²) in [6.45, 7) is 4.21. The smallest absolute Gasteiger partial charge is 0.211 e. The van der Waals surface area contributed by atoms with Crippen LogP contribution in [0.1, 0.15) is 30.3 Å². The minimum atomic E-state index is -0.146. The molecule has 4 heteroatoms. The van der Waals surface area contributed by atoms with Gasteiger partial charge < -0.3 is 9.15 Å². The average molecular weight is 287 g/mol. The van der Waals surface area contributed by atoms with Gasteiger partial charge in [-0.1, -0.05) is 18.2 Å². The number of benzene rings is 1. The molecule has 112 valence electrons. The van der Waals surface area contributed by atoms with E-state index in [0.29, 0.717) is 12.3 Å².